The minimum Gasteiger partial charge on any atom is -0.368 e. The fraction of sp³-hybridized carbons (Fsp3) is 0.350. The van der Waals surface area contributed by atoms with Crippen LogP contribution in [0.15, 0.2) is 48.3 Å². The van der Waals surface area contributed by atoms with Gasteiger partial charge in [0.15, 0.2) is 0 Å². The second kappa shape index (κ2) is 8.61. The third-order valence-electron chi connectivity index (χ3n) is 4.60. The summed E-state index contributed by atoms with van der Waals surface area (Å²) in [5.74, 6) is -0.259. The van der Waals surface area contributed by atoms with Crippen molar-refractivity contribution in [3.63, 3.8) is 0 Å². The van der Waals surface area contributed by atoms with Crippen molar-refractivity contribution >= 4 is 20.3 Å². The van der Waals surface area contributed by atoms with Crippen LogP contribution in [0, 0.1) is 12.7 Å². The van der Waals surface area contributed by atoms with Gasteiger partial charge in [-0.1, -0.05) is 26.8 Å². The highest BCUT2D eigenvalue weighted by Gasteiger charge is 2.22. The lowest BCUT2D eigenvalue weighted by atomic mass is 10.1. The molecule has 4 nitrogen and oxygen atoms in total. The number of rotatable bonds is 5. The first kappa shape index (κ1) is 18.8. The van der Waals surface area contributed by atoms with E-state index in [0.717, 1.165) is 54.7 Å². The molecule has 2 unspecified atom stereocenters. The highest BCUT2D eigenvalue weighted by atomic mass is 31.1. The number of halogens is 1. The Balaban J connectivity index is 1.75. The molecular formula is C20H25FN3OP. The zero-order chi connectivity index (χ0) is 18.5. The maximum absolute atomic E-state index is 13.8. The standard InChI is InChI=1S/C20H25FN3OP/c1-3-19(16-10-15(2)11-17(21)12-16)26-20-5-4-18(13-24(20)14-25)23-8-6-22-7-9-23/h3-5,10-14,20,22,26H,6-9H2,1-2H3/b19-3-. The molecule has 1 aromatic carbocycles. The summed E-state index contributed by atoms with van der Waals surface area (Å²) >= 11 is 0. The second-order valence-electron chi connectivity index (χ2n) is 6.51. The minimum absolute atomic E-state index is 0.0334. The molecule has 0 aliphatic carbocycles. The first-order valence-electron chi connectivity index (χ1n) is 8.89. The number of aryl methyl sites for hydroxylation is 1. The van der Waals surface area contributed by atoms with Gasteiger partial charge in [0.25, 0.3) is 0 Å². The van der Waals surface area contributed by atoms with Gasteiger partial charge >= 0.3 is 0 Å². The number of piperazine rings is 1. The summed E-state index contributed by atoms with van der Waals surface area (Å²) < 4.78 is 13.8. The molecule has 2 atom stereocenters. The third-order valence-corrected chi connectivity index (χ3v) is 6.28. The van der Waals surface area contributed by atoms with Gasteiger partial charge in [0.2, 0.25) is 6.41 Å². The number of allylic oxidation sites excluding steroid dienone is 2. The Kier molecular flexibility index (Phi) is 6.23. The van der Waals surface area contributed by atoms with Crippen molar-refractivity contribution in [2.45, 2.75) is 19.6 Å². The summed E-state index contributed by atoms with van der Waals surface area (Å²) in [6, 6.07) is 5.08. The van der Waals surface area contributed by atoms with Crippen LogP contribution in [0.5, 0.6) is 0 Å². The number of amides is 1. The van der Waals surface area contributed by atoms with Crippen molar-refractivity contribution in [3.05, 3.63) is 65.3 Å². The molecule has 0 saturated carbocycles. The fourth-order valence-corrected chi connectivity index (χ4v) is 4.55. The quantitative estimate of drug-likeness (QED) is 0.636. The summed E-state index contributed by atoms with van der Waals surface area (Å²) in [7, 11) is 0.356. The van der Waals surface area contributed by atoms with Gasteiger partial charge < -0.3 is 15.1 Å². The molecule has 0 aromatic heterocycles. The molecule has 2 heterocycles. The van der Waals surface area contributed by atoms with Gasteiger partial charge in [0, 0.05) is 32.4 Å². The Bertz CT molecular complexity index is 733. The molecule has 1 saturated heterocycles. The molecule has 138 valence electrons. The van der Waals surface area contributed by atoms with Crippen LogP contribution >= 0.6 is 8.58 Å². The summed E-state index contributed by atoms with van der Waals surface area (Å²) in [6.07, 6.45) is 9.01. The van der Waals surface area contributed by atoms with Crippen LogP contribution in [0.1, 0.15) is 18.1 Å². The van der Waals surface area contributed by atoms with E-state index in [1.54, 1.807) is 11.0 Å². The molecule has 0 radical (unpaired) electrons. The molecule has 6 heteroatoms. The van der Waals surface area contributed by atoms with Gasteiger partial charge in [-0.15, -0.1) is 0 Å². The molecule has 2 aliphatic rings. The first-order valence-corrected chi connectivity index (χ1v) is 9.97. The first-order chi connectivity index (χ1) is 12.6. The van der Waals surface area contributed by atoms with E-state index >= 15 is 0 Å². The zero-order valence-electron chi connectivity index (χ0n) is 15.2. The molecule has 0 bridgehead atoms. The van der Waals surface area contributed by atoms with E-state index in [1.807, 2.05) is 32.2 Å². The smallest absolute Gasteiger partial charge is 0.214 e. The Labute approximate surface area is 156 Å². The normalized spacial score (nSPS) is 21.4. The average molecular weight is 373 g/mol. The molecule has 0 spiro atoms. The molecule has 26 heavy (non-hydrogen) atoms. The zero-order valence-corrected chi connectivity index (χ0v) is 16.2. The molecule has 1 N–H and O–H groups in total. The van der Waals surface area contributed by atoms with Crippen LogP contribution in [-0.2, 0) is 4.79 Å². The summed E-state index contributed by atoms with van der Waals surface area (Å²) in [5, 5.41) is 4.40. The lowest BCUT2D eigenvalue weighted by Crippen LogP contribution is -2.43. The van der Waals surface area contributed by atoms with Gasteiger partial charge in [-0.05, 0) is 48.5 Å². The number of benzene rings is 1. The average Bonchev–Trinajstić information content (AvgIpc) is 2.66. The second-order valence-corrected chi connectivity index (χ2v) is 7.93. The van der Waals surface area contributed by atoms with E-state index in [4.69, 9.17) is 0 Å². The van der Waals surface area contributed by atoms with Crippen LogP contribution in [-0.4, -0.2) is 48.2 Å². The molecule has 2 aliphatic heterocycles. The maximum atomic E-state index is 13.8. The fourth-order valence-electron chi connectivity index (χ4n) is 3.28. The highest BCUT2D eigenvalue weighted by Crippen LogP contribution is 2.41. The van der Waals surface area contributed by atoms with E-state index in [-0.39, 0.29) is 11.6 Å². The van der Waals surface area contributed by atoms with E-state index < -0.39 is 0 Å². The van der Waals surface area contributed by atoms with Crippen LogP contribution in [0.25, 0.3) is 5.31 Å². The van der Waals surface area contributed by atoms with Crippen LogP contribution in [0.3, 0.4) is 0 Å². The number of hydrogen-bond acceptors (Lipinski definition) is 3. The Morgan fingerprint density at radius 3 is 2.73 bits per heavy atom. The molecule has 1 aromatic rings. The van der Waals surface area contributed by atoms with Crippen LogP contribution < -0.4 is 5.32 Å². The van der Waals surface area contributed by atoms with Gasteiger partial charge in [-0.2, -0.15) is 0 Å². The third kappa shape index (κ3) is 4.40. The number of carbonyl (C=O) groups is 1. The van der Waals surface area contributed by atoms with Gasteiger partial charge in [0.05, 0.1) is 11.5 Å². The van der Waals surface area contributed by atoms with E-state index in [1.165, 1.54) is 6.07 Å². The summed E-state index contributed by atoms with van der Waals surface area (Å²) in [6.45, 7) is 7.65. The molecule has 1 amide bonds. The lowest BCUT2D eigenvalue weighted by molar-refractivity contribution is -0.116. The largest absolute Gasteiger partial charge is 0.368 e. The van der Waals surface area contributed by atoms with Gasteiger partial charge in [0.1, 0.15) is 5.82 Å². The van der Waals surface area contributed by atoms with Crippen molar-refractivity contribution < 1.29 is 9.18 Å². The highest BCUT2D eigenvalue weighted by molar-refractivity contribution is 7.51. The molecular weight excluding hydrogens is 348 g/mol. The van der Waals surface area contributed by atoms with Crippen LogP contribution in [0.4, 0.5) is 4.39 Å². The summed E-state index contributed by atoms with van der Waals surface area (Å²) in [5.41, 5.74) is 2.86. The predicted octanol–water partition coefficient (Wildman–Crippen LogP) is 3.27. The van der Waals surface area contributed by atoms with Crippen molar-refractivity contribution in [3.8, 4) is 0 Å². The van der Waals surface area contributed by atoms with E-state index in [9.17, 15) is 9.18 Å². The number of hydrogen-bond donors (Lipinski definition) is 1. The van der Waals surface area contributed by atoms with Crippen molar-refractivity contribution in [1.82, 2.24) is 15.1 Å². The molecule has 3 rings (SSSR count). The Morgan fingerprint density at radius 1 is 1.31 bits per heavy atom. The minimum atomic E-state index is -0.225. The van der Waals surface area contributed by atoms with Crippen molar-refractivity contribution in [2.24, 2.45) is 0 Å². The van der Waals surface area contributed by atoms with Crippen molar-refractivity contribution in [2.75, 3.05) is 26.2 Å². The summed E-state index contributed by atoms with van der Waals surface area (Å²) in [4.78, 5) is 15.7. The van der Waals surface area contributed by atoms with Crippen LogP contribution in [0.2, 0.25) is 0 Å². The Hall–Kier alpha value is -1.97. The molecule has 1 fully saturated rings. The van der Waals surface area contributed by atoms with Crippen molar-refractivity contribution in [1.29, 1.82) is 0 Å². The van der Waals surface area contributed by atoms with E-state index in [2.05, 4.69) is 22.4 Å². The van der Waals surface area contributed by atoms with E-state index in [0.29, 0.717) is 8.58 Å². The number of nitrogens with one attached hydrogen (secondary N) is 1. The SMILES string of the molecule is C/C=C(\PC1C=CC(N2CCNCC2)=CN1C=O)c1cc(C)cc(F)c1. The number of nitrogens with zero attached hydrogens (tertiary/aromatic N) is 2. The van der Waals surface area contributed by atoms with Gasteiger partial charge in [-0.3, -0.25) is 4.79 Å². The number of carbonyl (C=O) groups excluding carboxylic acids is 1. The predicted molar refractivity (Wildman–Crippen MR) is 106 cm³/mol. The lowest BCUT2D eigenvalue weighted by Gasteiger charge is -2.35. The maximum Gasteiger partial charge on any atom is 0.214 e. The van der Waals surface area contributed by atoms with Gasteiger partial charge in [-0.25, -0.2) is 4.39 Å². The Morgan fingerprint density at radius 2 is 2.08 bits per heavy atom. The monoisotopic (exact) mass is 373 g/mol. The topological polar surface area (TPSA) is 35.6 Å².